The fourth-order valence-electron chi connectivity index (χ4n) is 1.34. The van der Waals surface area contributed by atoms with Crippen LogP contribution in [0.25, 0.3) is 0 Å². The monoisotopic (exact) mass is 193 g/mol. The van der Waals surface area contributed by atoms with Crippen LogP contribution in [-0.2, 0) is 0 Å². The lowest BCUT2D eigenvalue weighted by Gasteiger charge is -2.12. The summed E-state index contributed by atoms with van der Waals surface area (Å²) in [6.45, 7) is 7.37. The van der Waals surface area contributed by atoms with Crippen LogP contribution in [0.1, 0.15) is 39.0 Å². The summed E-state index contributed by atoms with van der Waals surface area (Å²) < 4.78 is 5.39. The Morgan fingerprint density at radius 2 is 2.36 bits per heavy atom. The molecule has 0 aromatic carbocycles. The highest BCUT2D eigenvalue weighted by Gasteiger charge is 2.09. The minimum absolute atomic E-state index is 0.218. The van der Waals surface area contributed by atoms with Gasteiger partial charge >= 0.3 is 0 Å². The highest BCUT2D eigenvalue weighted by molar-refractivity contribution is 5.14. The van der Waals surface area contributed by atoms with Crippen LogP contribution in [0.5, 0.6) is 0 Å². The molecule has 1 atom stereocenters. The van der Waals surface area contributed by atoms with Gasteiger partial charge in [0.15, 0.2) is 0 Å². The van der Waals surface area contributed by atoms with Crippen LogP contribution < -0.4 is 5.32 Å². The van der Waals surface area contributed by atoms with Gasteiger partial charge in [-0.2, -0.15) is 0 Å². The lowest BCUT2D eigenvalue weighted by molar-refractivity contribution is 0.452. The van der Waals surface area contributed by atoms with Crippen molar-refractivity contribution in [1.29, 1.82) is 0 Å². The quantitative estimate of drug-likeness (QED) is 0.726. The summed E-state index contributed by atoms with van der Waals surface area (Å²) in [5, 5.41) is 3.43. The number of nitrogens with one attached hydrogen (secondary N) is 1. The molecule has 1 rings (SSSR count). The number of hydrogen-bond acceptors (Lipinski definition) is 2. The van der Waals surface area contributed by atoms with E-state index in [0.717, 1.165) is 18.7 Å². The van der Waals surface area contributed by atoms with E-state index in [-0.39, 0.29) is 6.04 Å². The van der Waals surface area contributed by atoms with Crippen molar-refractivity contribution in [3.8, 4) is 0 Å². The highest BCUT2D eigenvalue weighted by Crippen LogP contribution is 2.16. The molecule has 0 radical (unpaired) electrons. The molecule has 0 saturated carbocycles. The van der Waals surface area contributed by atoms with Gasteiger partial charge in [0.25, 0.3) is 0 Å². The molecule has 14 heavy (non-hydrogen) atoms. The van der Waals surface area contributed by atoms with Gasteiger partial charge in [0.05, 0.1) is 12.3 Å². The zero-order valence-corrected chi connectivity index (χ0v) is 9.21. The topological polar surface area (TPSA) is 25.2 Å². The molecule has 0 aliphatic carbocycles. The smallest absolute Gasteiger partial charge is 0.124 e. The maximum absolute atomic E-state index is 5.39. The largest absolute Gasteiger partial charge is 0.467 e. The first-order valence-corrected chi connectivity index (χ1v) is 5.16. The van der Waals surface area contributed by atoms with Crippen molar-refractivity contribution in [2.75, 3.05) is 6.54 Å². The lowest BCUT2D eigenvalue weighted by Crippen LogP contribution is -2.20. The Balaban J connectivity index is 2.67. The molecule has 0 aliphatic heterocycles. The van der Waals surface area contributed by atoms with Crippen molar-refractivity contribution in [1.82, 2.24) is 5.32 Å². The SMILES string of the molecule is CCCNC(C=C(C)C)c1ccco1. The second-order valence-electron chi connectivity index (χ2n) is 3.69. The average Bonchev–Trinajstić information content (AvgIpc) is 2.64. The second kappa shape index (κ2) is 5.66. The molecule has 78 valence electrons. The summed E-state index contributed by atoms with van der Waals surface area (Å²) in [6, 6.07) is 4.15. The van der Waals surface area contributed by atoms with E-state index in [0.29, 0.717) is 0 Å². The minimum Gasteiger partial charge on any atom is -0.467 e. The van der Waals surface area contributed by atoms with Crippen LogP contribution in [0.15, 0.2) is 34.5 Å². The number of allylic oxidation sites excluding steroid dienone is 1. The molecule has 0 spiro atoms. The van der Waals surface area contributed by atoms with Gasteiger partial charge in [-0.05, 0) is 38.9 Å². The minimum atomic E-state index is 0.218. The van der Waals surface area contributed by atoms with Crippen molar-refractivity contribution < 1.29 is 4.42 Å². The Morgan fingerprint density at radius 3 is 2.86 bits per heavy atom. The standard InChI is InChI=1S/C12H19NO/c1-4-7-13-11(9-10(2)3)12-6-5-8-14-12/h5-6,8-9,11,13H,4,7H2,1-3H3. The molecule has 1 heterocycles. The predicted octanol–water partition coefficient (Wildman–Crippen LogP) is 3.29. The van der Waals surface area contributed by atoms with E-state index in [1.807, 2.05) is 12.1 Å². The molecule has 1 unspecified atom stereocenters. The van der Waals surface area contributed by atoms with E-state index in [9.17, 15) is 0 Å². The maximum atomic E-state index is 5.39. The average molecular weight is 193 g/mol. The molecular formula is C12H19NO. The lowest BCUT2D eigenvalue weighted by atomic mass is 10.1. The molecule has 0 fully saturated rings. The van der Waals surface area contributed by atoms with Crippen molar-refractivity contribution in [2.24, 2.45) is 0 Å². The first kappa shape index (κ1) is 11.1. The molecule has 0 saturated heterocycles. The van der Waals surface area contributed by atoms with Gasteiger partial charge in [-0.3, -0.25) is 0 Å². The van der Waals surface area contributed by atoms with Gasteiger partial charge in [0, 0.05) is 0 Å². The molecule has 1 N–H and O–H groups in total. The van der Waals surface area contributed by atoms with Gasteiger partial charge in [-0.25, -0.2) is 0 Å². The summed E-state index contributed by atoms with van der Waals surface area (Å²) in [4.78, 5) is 0. The van der Waals surface area contributed by atoms with E-state index < -0.39 is 0 Å². The molecule has 2 heteroatoms. The summed E-state index contributed by atoms with van der Waals surface area (Å²) in [7, 11) is 0. The van der Waals surface area contributed by atoms with E-state index in [1.165, 1.54) is 5.57 Å². The van der Waals surface area contributed by atoms with Crippen molar-refractivity contribution in [3.63, 3.8) is 0 Å². The third kappa shape index (κ3) is 3.38. The first-order chi connectivity index (χ1) is 6.74. The van der Waals surface area contributed by atoms with Crippen LogP contribution in [0.2, 0.25) is 0 Å². The molecule has 0 bridgehead atoms. The van der Waals surface area contributed by atoms with Crippen LogP contribution in [0.4, 0.5) is 0 Å². The van der Waals surface area contributed by atoms with Gasteiger partial charge in [0.1, 0.15) is 5.76 Å². The molecule has 0 aliphatic rings. The Kier molecular flexibility index (Phi) is 4.47. The summed E-state index contributed by atoms with van der Waals surface area (Å²) in [5.41, 5.74) is 1.30. The molecule has 0 amide bonds. The summed E-state index contributed by atoms with van der Waals surface area (Å²) in [5.74, 6) is 0.986. The second-order valence-corrected chi connectivity index (χ2v) is 3.69. The van der Waals surface area contributed by atoms with Crippen LogP contribution >= 0.6 is 0 Å². The first-order valence-electron chi connectivity index (χ1n) is 5.16. The maximum Gasteiger partial charge on any atom is 0.124 e. The fourth-order valence-corrected chi connectivity index (χ4v) is 1.34. The van der Waals surface area contributed by atoms with E-state index >= 15 is 0 Å². The zero-order chi connectivity index (χ0) is 10.4. The predicted molar refractivity (Wildman–Crippen MR) is 59.2 cm³/mol. The van der Waals surface area contributed by atoms with Crippen LogP contribution in [-0.4, -0.2) is 6.54 Å². The van der Waals surface area contributed by atoms with Gasteiger partial charge in [-0.15, -0.1) is 0 Å². The van der Waals surface area contributed by atoms with Gasteiger partial charge in [-0.1, -0.05) is 18.6 Å². The normalized spacial score (nSPS) is 12.5. The third-order valence-corrected chi connectivity index (χ3v) is 1.96. The van der Waals surface area contributed by atoms with Crippen LogP contribution in [0.3, 0.4) is 0 Å². The van der Waals surface area contributed by atoms with E-state index in [2.05, 4.69) is 32.2 Å². The third-order valence-electron chi connectivity index (χ3n) is 1.96. The molecule has 2 nitrogen and oxygen atoms in total. The number of hydrogen-bond donors (Lipinski definition) is 1. The Morgan fingerprint density at radius 1 is 1.57 bits per heavy atom. The molecule has 1 aromatic rings. The summed E-state index contributed by atoms with van der Waals surface area (Å²) in [6.07, 6.45) is 5.04. The molecule has 1 aromatic heterocycles. The van der Waals surface area contributed by atoms with E-state index in [1.54, 1.807) is 6.26 Å². The summed E-state index contributed by atoms with van der Waals surface area (Å²) >= 11 is 0. The molecular weight excluding hydrogens is 174 g/mol. The number of rotatable bonds is 5. The number of furan rings is 1. The zero-order valence-electron chi connectivity index (χ0n) is 9.21. The Labute approximate surface area is 86.0 Å². The van der Waals surface area contributed by atoms with Crippen molar-refractivity contribution in [2.45, 2.75) is 33.2 Å². The van der Waals surface area contributed by atoms with Crippen molar-refractivity contribution >= 4 is 0 Å². The fraction of sp³-hybridized carbons (Fsp3) is 0.500. The highest BCUT2D eigenvalue weighted by atomic mass is 16.3. The van der Waals surface area contributed by atoms with Crippen LogP contribution in [0, 0.1) is 0 Å². The Bertz CT molecular complexity index is 271. The van der Waals surface area contributed by atoms with Gasteiger partial charge in [0.2, 0.25) is 0 Å². The van der Waals surface area contributed by atoms with Crippen molar-refractivity contribution in [3.05, 3.63) is 35.8 Å². The Hall–Kier alpha value is -1.02. The van der Waals surface area contributed by atoms with E-state index in [4.69, 9.17) is 4.42 Å². The van der Waals surface area contributed by atoms with Gasteiger partial charge < -0.3 is 9.73 Å².